The summed E-state index contributed by atoms with van der Waals surface area (Å²) in [7, 11) is 0. The minimum atomic E-state index is -0.0185. The number of amides is 1. The molecular weight excluding hydrogens is 398 g/mol. The molecule has 0 unspecified atom stereocenters. The molecule has 25 heavy (non-hydrogen) atoms. The highest BCUT2D eigenvalue weighted by Crippen LogP contribution is 2.22. The van der Waals surface area contributed by atoms with Crippen LogP contribution in [0.5, 0.6) is 0 Å². The Kier molecular flexibility index (Phi) is 4.38. The Morgan fingerprint density at radius 1 is 1.12 bits per heavy atom. The fourth-order valence-electron chi connectivity index (χ4n) is 2.60. The molecule has 124 valence electrons. The van der Waals surface area contributed by atoms with Crippen LogP contribution in [0.15, 0.2) is 70.8 Å². The van der Waals surface area contributed by atoms with Crippen LogP contribution in [0.2, 0.25) is 0 Å². The Balaban J connectivity index is 1.55. The summed E-state index contributed by atoms with van der Waals surface area (Å²) in [6.45, 7) is 0. The Labute approximate surface area is 157 Å². The summed E-state index contributed by atoms with van der Waals surface area (Å²) in [5, 5.41) is 4.92. The minimum Gasteiger partial charge on any atom is -0.324 e. The summed E-state index contributed by atoms with van der Waals surface area (Å²) < 4.78 is 2.97. The molecule has 0 bridgehead atoms. The van der Waals surface area contributed by atoms with E-state index in [2.05, 4.69) is 26.2 Å². The van der Waals surface area contributed by atoms with Crippen LogP contribution in [0.3, 0.4) is 0 Å². The molecule has 4 aromatic rings. The fraction of sp³-hybridized carbons (Fsp3) is 0.0526. The second-order valence-corrected chi connectivity index (χ2v) is 7.57. The Hall–Kier alpha value is -2.44. The topological polar surface area (TPSA) is 46.4 Å². The third kappa shape index (κ3) is 3.65. The third-order valence-corrected chi connectivity index (χ3v) is 5.19. The number of fused-ring (bicyclic) bond motifs is 1. The maximum atomic E-state index is 12.1. The predicted molar refractivity (Wildman–Crippen MR) is 105 cm³/mol. The van der Waals surface area contributed by atoms with Gasteiger partial charge >= 0.3 is 0 Å². The van der Waals surface area contributed by atoms with Crippen LogP contribution in [0.1, 0.15) is 4.88 Å². The normalized spacial score (nSPS) is 10.9. The zero-order valence-corrected chi connectivity index (χ0v) is 15.5. The number of pyridine rings is 1. The van der Waals surface area contributed by atoms with Gasteiger partial charge in [-0.2, -0.15) is 0 Å². The van der Waals surface area contributed by atoms with E-state index in [4.69, 9.17) is 0 Å². The molecule has 1 amide bonds. The molecule has 4 rings (SSSR count). The van der Waals surface area contributed by atoms with Gasteiger partial charge in [-0.25, -0.2) is 4.98 Å². The van der Waals surface area contributed by atoms with Crippen LogP contribution in [0, 0.1) is 0 Å². The standard InChI is InChI=1S/C19H14BrN3OS/c20-14-5-3-13(4-6-14)17-12-23-11-15(7-8-18(23)22-17)21-19(24)10-16-2-1-9-25-16/h1-9,11-12H,10H2,(H,21,24). The summed E-state index contributed by atoms with van der Waals surface area (Å²) >= 11 is 5.03. The van der Waals surface area contributed by atoms with E-state index in [1.807, 2.05) is 70.7 Å². The number of hydrogen-bond donors (Lipinski definition) is 1. The lowest BCUT2D eigenvalue weighted by Gasteiger charge is -2.04. The van der Waals surface area contributed by atoms with E-state index in [0.29, 0.717) is 6.42 Å². The first-order valence-electron chi connectivity index (χ1n) is 7.74. The first kappa shape index (κ1) is 16.1. The number of anilines is 1. The second-order valence-electron chi connectivity index (χ2n) is 5.62. The number of carbonyl (C=O) groups excluding carboxylic acids is 1. The zero-order valence-electron chi connectivity index (χ0n) is 13.1. The summed E-state index contributed by atoms with van der Waals surface area (Å²) in [5.41, 5.74) is 3.55. The van der Waals surface area contributed by atoms with Crippen LogP contribution in [0.4, 0.5) is 5.69 Å². The molecule has 0 fully saturated rings. The molecular formula is C19H14BrN3OS. The average Bonchev–Trinajstić information content (AvgIpc) is 3.24. The minimum absolute atomic E-state index is 0.0185. The Bertz CT molecular complexity index is 1020. The number of aromatic nitrogens is 2. The number of halogens is 1. The van der Waals surface area contributed by atoms with E-state index < -0.39 is 0 Å². The number of imidazole rings is 1. The maximum absolute atomic E-state index is 12.1. The van der Waals surface area contributed by atoms with Gasteiger partial charge in [0, 0.05) is 27.3 Å². The van der Waals surface area contributed by atoms with Gasteiger partial charge in [-0.05, 0) is 35.7 Å². The van der Waals surface area contributed by atoms with Crippen molar-refractivity contribution in [1.29, 1.82) is 0 Å². The molecule has 6 heteroatoms. The summed E-state index contributed by atoms with van der Waals surface area (Å²) in [6.07, 6.45) is 4.24. The predicted octanol–water partition coefficient (Wildman–Crippen LogP) is 5.01. The van der Waals surface area contributed by atoms with E-state index in [0.717, 1.165) is 31.9 Å². The van der Waals surface area contributed by atoms with Gasteiger partial charge in [-0.1, -0.05) is 34.1 Å². The van der Waals surface area contributed by atoms with Crippen molar-refractivity contribution in [1.82, 2.24) is 9.38 Å². The smallest absolute Gasteiger partial charge is 0.229 e. The van der Waals surface area contributed by atoms with E-state index in [1.54, 1.807) is 11.3 Å². The monoisotopic (exact) mass is 411 g/mol. The number of rotatable bonds is 4. The fourth-order valence-corrected chi connectivity index (χ4v) is 3.57. The summed E-state index contributed by atoms with van der Waals surface area (Å²) in [5.74, 6) is -0.0185. The van der Waals surface area contributed by atoms with Gasteiger partial charge in [0.15, 0.2) is 0 Å². The van der Waals surface area contributed by atoms with Crippen molar-refractivity contribution in [3.05, 3.63) is 75.7 Å². The van der Waals surface area contributed by atoms with Gasteiger partial charge in [0.2, 0.25) is 5.91 Å². The van der Waals surface area contributed by atoms with E-state index in [9.17, 15) is 4.79 Å². The molecule has 1 aromatic carbocycles. The number of nitrogens with zero attached hydrogens (tertiary/aromatic N) is 2. The second kappa shape index (κ2) is 6.82. The highest BCUT2D eigenvalue weighted by Gasteiger charge is 2.08. The van der Waals surface area contributed by atoms with Crippen LogP contribution in [-0.4, -0.2) is 15.3 Å². The molecule has 0 saturated heterocycles. The quantitative estimate of drug-likeness (QED) is 0.513. The molecule has 0 radical (unpaired) electrons. The third-order valence-electron chi connectivity index (χ3n) is 3.79. The molecule has 4 nitrogen and oxygen atoms in total. The highest BCUT2D eigenvalue weighted by molar-refractivity contribution is 9.10. The van der Waals surface area contributed by atoms with Gasteiger partial charge in [0.05, 0.1) is 17.8 Å². The number of carbonyl (C=O) groups is 1. The molecule has 1 N–H and O–H groups in total. The molecule has 0 saturated carbocycles. The number of benzene rings is 1. The van der Waals surface area contributed by atoms with Crippen molar-refractivity contribution in [3.63, 3.8) is 0 Å². The number of thiophene rings is 1. The van der Waals surface area contributed by atoms with Gasteiger partial charge in [-0.15, -0.1) is 11.3 Å². The van der Waals surface area contributed by atoms with Crippen LogP contribution < -0.4 is 5.32 Å². The highest BCUT2D eigenvalue weighted by atomic mass is 79.9. The van der Waals surface area contributed by atoms with E-state index in [-0.39, 0.29) is 5.91 Å². The number of nitrogens with one attached hydrogen (secondary N) is 1. The summed E-state index contributed by atoms with van der Waals surface area (Å²) in [4.78, 5) is 17.8. The lowest BCUT2D eigenvalue weighted by atomic mass is 10.2. The first-order valence-corrected chi connectivity index (χ1v) is 9.41. The first-order chi connectivity index (χ1) is 12.2. The van der Waals surface area contributed by atoms with Crippen molar-refractivity contribution in [3.8, 4) is 11.3 Å². The largest absolute Gasteiger partial charge is 0.324 e. The van der Waals surface area contributed by atoms with Crippen LogP contribution in [0.25, 0.3) is 16.9 Å². The molecule has 0 atom stereocenters. The van der Waals surface area contributed by atoms with E-state index >= 15 is 0 Å². The van der Waals surface area contributed by atoms with Gasteiger partial charge in [0.25, 0.3) is 0 Å². The van der Waals surface area contributed by atoms with Crippen molar-refractivity contribution >= 4 is 44.5 Å². The van der Waals surface area contributed by atoms with Crippen molar-refractivity contribution < 1.29 is 4.79 Å². The van der Waals surface area contributed by atoms with E-state index in [1.165, 1.54) is 0 Å². The molecule has 0 aliphatic rings. The van der Waals surface area contributed by atoms with Gasteiger partial charge in [-0.3, -0.25) is 4.79 Å². The maximum Gasteiger partial charge on any atom is 0.229 e. The van der Waals surface area contributed by atoms with Gasteiger partial charge in [0.1, 0.15) is 5.65 Å². The van der Waals surface area contributed by atoms with Crippen molar-refractivity contribution in [2.45, 2.75) is 6.42 Å². The average molecular weight is 412 g/mol. The molecule has 3 aromatic heterocycles. The van der Waals surface area contributed by atoms with Gasteiger partial charge < -0.3 is 9.72 Å². The molecule has 0 aliphatic heterocycles. The summed E-state index contributed by atoms with van der Waals surface area (Å²) in [6, 6.07) is 15.7. The lowest BCUT2D eigenvalue weighted by Crippen LogP contribution is -2.13. The zero-order chi connectivity index (χ0) is 17.2. The molecule has 0 spiro atoms. The van der Waals surface area contributed by atoms with Crippen molar-refractivity contribution in [2.75, 3.05) is 5.32 Å². The number of hydrogen-bond acceptors (Lipinski definition) is 3. The molecule has 0 aliphatic carbocycles. The SMILES string of the molecule is O=C(Cc1cccs1)Nc1ccc2nc(-c3ccc(Br)cc3)cn2c1. The van der Waals surface area contributed by atoms with Crippen molar-refractivity contribution in [2.24, 2.45) is 0 Å². The Morgan fingerprint density at radius 2 is 1.96 bits per heavy atom. The Morgan fingerprint density at radius 3 is 2.72 bits per heavy atom. The van der Waals surface area contributed by atoms with Crippen LogP contribution in [-0.2, 0) is 11.2 Å². The lowest BCUT2D eigenvalue weighted by molar-refractivity contribution is -0.115. The van der Waals surface area contributed by atoms with Crippen LogP contribution >= 0.6 is 27.3 Å². The molecule has 3 heterocycles.